The number of amides is 1. The number of piperidine rings is 1. The molecule has 2 N–H and O–H groups in total. The van der Waals surface area contributed by atoms with Gasteiger partial charge < -0.3 is 4.90 Å². The third-order valence-electron chi connectivity index (χ3n) is 4.01. The zero-order valence-electron chi connectivity index (χ0n) is 13.2. The van der Waals surface area contributed by atoms with Crippen LogP contribution in [0.5, 0.6) is 0 Å². The molecule has 1 aliphatic heterocycles. The highest BCUT2D eigenvalue weighted by Crippen LogP contribution is 2.18. The fourth-order valence-electron chi connectivity index (χ4n) is 2.71. The molecule has 1 aromatic carbocycles. The molecule has 1 aromatic heterocycles. The van der Waals surface area contributed by atoms with Gasteiger partial charge in [0.15, 0.2) is 0 Å². The van der Waals surface area contributed by atoms with Crippen LogP contribution in [0.1, 0.15) is 31.2 Å². The van der Waals surface area contributed by atoms with E-state index >= 15 is 0 Å². The standard InChI is InChI=1S/C16H19BrFN5O/c17-12-6-4-11(13(18)10-12)5-7-14(24)19-15-20-16(22-21-15)23-8-2-1-3-9-23/h4,6,10H,1-3,5,7-9H2,(H2,19,20,21,22,24). The van der Waals surface area contributed by atoms with Crippen LogP contribution in [0.2, 0.25) is 0 Å². The Morgan fingerprint density at radius 1 is 1.33 bits per heavy atom. The van der Waals surface area contributed by atoms with E-state index in [0.717, 1.165) is 25.9 Å². The van der Waals surface area contributed by atoms with Crippen LogP contribution in [-0.4, -0.2) is 34.2 Å². The molecule has 2 heterocycles. The molecule has 0 radical (unpaired) electrons. The van der Waals surface area contributed by atoms with Gasteiger partial charge in [-0.15, -0.1) is 5.10 Å². The summed E-state index contributed by atoms with van der Waals surface area (Å²) in [5, 5.41) is 9.56. The molecule has 128 valence electrons. The molecule has 3 rings (SSSR count). The lowest BCUT2D eigenvalue weighted by molar-refractivity contribution is -0.116. The fraction of sp³-hybridized carbons (Fsp3) is 0.438. The van der Waals surface area contributed by atoms with Crippen molar-refractivity contribution in [2.75, 3.05) is 23.3 Å². The van der Waals surface area contributed by atoms with Gasteiger partial charge in [-0.1, -0.05) is 22.0 Å². The van der Waals surface area contributed by atoms with Gasteiger partial charge in [0, 0.05) is 24.0 Å². The van der Waals surface area contributed by atoms with Crippen molar-refractivity contribution in [3.8, 4) is 0 Å². The number of H-pyrrole nitrogens is 1. The lowest BCUT2D eigenvalue weighted by atomic mass is 10.1. The molecule has 0 unspecified atom stereocenters. The van der Waals surface area contributed by atoms with Crippen LogP contribution in [0.25, 0.3) is 0 Å². The first kappa shape index (κ1) is 16.9. The second-order valence-electron chi connectivity index (χ2n) is 5.82. The number of hydrogen-bond donors (Lipinski definition) is 2. The first-order valence-corrected chi connectivity index (χ1v) is 8.82. The maximum atomic E-state index is 13.7. The average Bonchev–Trinajstić information content (AvgIpc) is 3.03. The van der Waals surface area contributed by atoms with E-state index in [1.165, 1.54) is 12.5 Å². The Morgan fingerprint density at radius 3 is 2.88 bits per heavy atom. The number of benzene rings is 1. The van der Waals surface area contributed by atoms with Crippen LogP contribution in [0.15, 0.2) is 22.7 Å². The van der Waals surface area contributed by atoms with E-state index in [2.05, 4.69) is 41.3 Å². The zero-order chi connectivity index (χ0) is 16.9. The van der Waals surface area contributed by atoms with Crippen molar-refractivity contribution in [1.29, 1.82) is 0 Å². The van der Waals surface area contributed by atoms with Crippen molar-refractivity contribution in [3.05, 3.63) is 34.1 Å². The van der Waals surface area contributed by atoms with Crippen LogP contribution in [0, 0.1) is 5.82 Å². The Bertz CT molecular complexity index is 714. The Hall–Kier alpha value is -1.96. The third-order valence-corrected chi connectivity index (χ3v) is 4.50. The molecule has 1 amide bonds. The molecule has 24 heavy (non-hydrogen) atoms. The lowest BCUT2D eigenvalue weighted by Gasteiger charge is -2.24. The third kappa shape index (κ3) is 4.31. The molecule has 1 aliphatic rings. The molecular formula is C16H19BrFN5O. The number of aromatic nitrogens is 3. The van der Waals surface area contributed by atoms with Crippen molar-refractivity contribution < 1.29 is 9.18 Å². The summed E-state index contributed by atoms with van der Waals surface area (Å²) < 4.78 is 14.4. The number of aryl methyl sites for hydroxylation is 1. The summed E-state index contributed by atoms with van der Waals surface area (Å²) >= 11 is 3.21. The summed E-state index contributed by atoms with van der Waals surface area (Å²) in [7, 11) is 0. The van der Waals surface area contributed by atoms with Gasteiger partial charge in [-0.25, -0.2) is 9.49 Å². The Kier molecular flexibility index (Phi) is 5.44. The summed E-state index contributed by atoms with van der Waals surface area (Å²) in [6, 6.07) is 4.84. The van der Waals surface area contributed by atoms with E-state index < -0.39 is 0 Å². The first-order valence-electron chi connectivity index (χ1n) is 8.03. The van der Waals surface area contributed by atoms with Gasteiger partial charge in [0.25, 0.3) is 0 Å². The van der Waals surface area contributed by atoms with E-state index in [0.29, 0.717) is 28.4 Å². The number of nitrogens with one attached hydrogen (secondary N) is 2. The number of carbonyl (C=O) groups excluding carboxylic acids is 1. The van der Waals surface area contributed by atoms with Gasteiger partial charge in [-0.2, -0.15) is 4.98 Å². The van der Waals surface area contributed by atoms with Crippen LogP contribution in [0.3, 0.4) is 0 Å². The van der Waals surface area contributed by atoms with E-state index in [4.69, 9.17) is 0 Å². The minimum atomic E-state index is -0.316. The number of anilines is 2. The van der Waals surface area contributed by atoms with Crippen molar-refractivity contribution in [2.24, 2.45) is 0 Å². The number of aromatic amines is 1. The predicted octanol–water partition coefficient (Wildman–Crippen LogP) is 3.27. The molecular weight excluding hydrogens is 377 g/mol. The number of hydrogen-bond acceptors (Lipinski definition) is 4. The summed E-state index contributed by atoms with van der Waals surface area (Å²) in [4.78, 5) is 18.4. The van der Waals surface area contributed by atoms with E-state index in [9.17, 15) is 9.18 Å². The Morgan fingerprint density at radius 2 is 2.12 bits per heavy atom. The van der Waals surface area contributed by atoms with Crippen molar-refractivity contribution in [1.82, 2.24) is 15.2 Å². The molecule has 0 saturated carbocycles. The molecule has 1 saturated heterocycles. The molecule has 1 fully saturated rings. The zero-order valence-corrected chi connectivity index (χ0v) is 14.8. The Labute approximate surface area is 148 Å². The maximum absolute atomic E-state index is 13.7. The normalized spacial score (nSPS) is 14.7. The molecule has 2 aromatic rings. The monoisotopic (exact) mass is 395 g/mol. The van der Waals surface area contributed by atoms with Gasteiger partial charge >= 0.3 is 0 Å². The molecule has 8 heteroatoms. The quantitative estimate of drug-likeness (QED) is 0.814. The smallest absolute Gasteiger partial charge is 0.246 e. The molecule has 6 nitrogen and oxygen atoms in total. The highest BCUT2D eigenvalue weighted by molar-refractivity contribution is 9.10. The summed E-state index contributed by atoms with van der Waals surface area (Å²) in [6.07, 6.45) is 4.01. The van der Waals surface area contributed by atoms with Crippen molar-refractivity contribution in [2.45, 2.75) is 32.1 Å². The topological polar surface area (TPSA) is 73.9 Å². The number of nitrogens with zero attached hydrogens (tertiary/aromatic N) is 3. The van der Waals surface area contributed by atoms with E-state index in [1.54, 1.807) is 12.1 Å². The van der Waals surface area contributed by atoms with Crippen LogP contribution in [0.4, 0.5) is 16.3 Å². The highest BCUT2D eigenvalue weighted by Gasteiger charge is 2.16. The maximum Gasteiger partial charge on any atom is 0.246 e. The van der Waals surface area contributed by atoms with Gasteiger partial charge in [0.2, 0.25) is 17.8 Å². The van der Waals surface area contributed by atoms with Crippen molar-refractivity contribution >= 4 is 33.7 Å². The van der Waals surface area contributed by atoms with Crippen LogP contribution < -0.4 is 10.2 Å². The van der Waals surface area contributed by atoms with Gasteiger partial charge in [-0.3, -0.25) is 10.1 Å². The Balaban J connectivity index is 1.52. The minimum absolute atomic E-state index is 0.179. The van der Waals surface area contributed by atoms with Gasteiger partial charge in [-0.05, 0) is 43.4 Å². The van der Waals surface area contributed by atoms with E-state index in [1.807, 2.05) is 0 Å². The van der Waals surface area contributed by atoms with E-state index in [-0.39, 0.29) is 18.1 Å². The molecule has 0 aliphatic carbocycles. The first-order chi connectivity index (χ1) is 11.6. The number of rotatable bonds is 5. The molecule has 0 atom stereocenters. The predicted molar refractivity (Wildman–Crippen MR) is 93.5 cm³/mol. The van der Waals surface area contributed by atoms with Crippen LogP contribution >= 0.6 is 15.9 Å². The summed E-state index contributed by atoms with van der Waals surface area (Å²) in [6.45, 7) is 1.88. The van der Waals surface area contributed by atoms with Crippen molar-refractivity contribution in [3.63, 3.8) is 0 Å². The highest BCUT2D eigenvalue weighted by atomic mass is 79.9. The minimum Gasteiger partial charge on any atom is -0.340 e. The summed E-state index contributed by atoms with van der Waals surface area (Å²) in [5.41, 5.74) is 0.514. The largest absolute Gasteiger partial charge is 0.340 e. The average molecular weight is 396 g/mol. The number of halogens is 2. The van der Waals surface area contributed by atoms with Crippen LogP contribution in [-0.2, 0) is 11.2 Å². The fourth-order valence-corrected chi connectivity index (χ4v) is 3.04. The van der Waals surface area contributed by atoms with Gasteiger partial charge in [0.1, 0.15) is 5.82 Å². The second-order valence-corrected chi connectivity index (χ2v) is 6.73. The lowest BCUT2D eigenvalue weighted by Crippen LogP contribution is -2.30. The van der Waals surface area contributed by atoms with Gasteiger partial charge in [0.05, 0.1) is 0 Å². The molecule has 0 spiro atoms. The number of carbonyl (C=O) groups is 1. The molecule has 0 bridgehead atoms. The summed E-state index contributed by atoms with van der Waals surface area (Å²) in [5.74, 6) is 0.406. The second kappa shape index (κ2) is 7.74. The SMILES string of the molecule is O=C(CCc1ccc(Br)cc1F)Nc1nc(N2CCCCC2)n[nH]1.